The van der Waals surface area contributed by atoms with Gasteiger partial charge in [0.05, 0.1) is 11.6 Å². The van der Waals surface area contributed by atoms with Crippen molar-refractivity contribution in [2.45, 2.75) is 31.8 Å². The molecule has 0 saturated carbocycles. The molecule has 1 aromatic carbocycles. The Morgan fingerprint density at radius 2 is 2.12 bits per heavy atom. The molecule has 16 heavy (non-hydrogen) atoms. The normalized spacial score (nSPS) is 24.8. The maximum absolute atomic E-state index is 8.71. The fourth-order valence-corrected chi connectivity index (χ4v) is 2.14. The van der Waals surface area contributed by atoms with Gasteiger partial charge in [-0.15, -0.1) is 0 Å². The Kier molecular flexibility index (Phi) is 3.43. The summed E-state index contributed by atoms with van der Waals surface area (Å²) in [6.07, 6.45) is 2.31. The first-order valence-electron chi connectivity index (χ1n) is 5.78. The summed E-state index contributed by atoms with van der Waals surface area (Å²) in [6, 6.07) is 10.9. The van der Waals surface area contributed by atoms with Crippen LogP contribution >= 0.6 is 0 Å². The molecule has 2 unspecified atom stereocenters. The fraction of sp³-hybridized carbons (Fsp3) is 0.462. The Labute approximate surface area is 96.5 Å². The highest BCUT2D eigenvalue weighted by atomic mass is 15.0. The lowest BCUT2D eigenvalue weighted by atomic mass is 10.0. The van der Waals surface area contributed by atoms with Crippen LogP contribution in [-0.2, 0) is 0 Å². The molecule has 2 N–H and O–H groups in total. The summed E-state index contributed by atoms with van der Waals surface area (Å²) in [4.78, 5) is 0. The van der Waals surface area contributed by atoms with Crippen molar-refractivity contribution in [1.82, 2.24) is 5.32 Å². The summed E-state index contributed by atoms with van der Waals surface area (Å²) in [7, 11) is 0. The SMILES string of the molecule is CC1CC(Nc2ccc(C#N)cc2)CCN1. The number of hydrogen-bond acceptors (Lipinski definition) is 3. The zero-order chi connectivity index (χ0) is 11.4. The first-order chi connectivity index (χ1) is 7.78. The molecule has 0 amide bonds. The van der Waals surface area contributed by atoms with Gasteiger partial charge in [-0.25, -0.2) is 0 Å². The van der Waals surface area contributed by atoms with Gasteiger partial charge in [0.2, 0.25) is 0 Å². The summed E-state index contributed by atoms with van der Waals surface area (Å²) < 4.78 is 0. The smallest absolute Gasteiger partial charge is 0.0991 e. The van der Waals surface area contributed by atoms with E-state index in [4.69, 9.17) is 5.26 Å². The molecule has 3 heteroatoms. The predicted molar refractivity (Wildman–Crippen MR) is 65.3 cm³/mol. The zero-order valence-corrected chi connectivity index (χ0v) is 9.53. The monoisotopic (exact) mass is 215 g/mol. The van der Waals surface area contributed by atoms with Crippen LogP contribution in [-0.4, -0.2) is 18.6 Å². The largest absolute Gasteiger partial charge is 0.382 e. The van der Waals surface area contributed by atoms with E-state index in [1.165, 1.54) is 0 Å². The topological polar surface area (TPSA) is 47.9 Å². The third-order valence-corrected chi connectivity index (χ3v) is 3.01. The van der Waals surface area contributed by atoms with Crippen molar-refractivity contribution in [3.63, 3.8) is 0 Å². The number of nitriles is 1. The zero-order valence-electron chi connectivity index (χ0n) is 9.53. The third-order valence-electron chi connectivity index (χ3n) is 3.01. The minimum absolute atomic E-state index is 0.546. The number of benzene rings is 1. The van der Waals surface area contributed by atoms with Crippen molar-refractivity contribution in [3.05, 3.63) is 29.8 Å². The van der Waals surface area contributed by atoms with E-state index in [-0.39, 0.29) is 0 Å². The average molecular weight is 215 g/mol. The molecule has 1 heterocycles. The van der Waals surface area contributed by atoms with Gasteiger partial charge in [0.25, 0.3) is 0 Å². The van der Waals surface area contributed by atoms with Gasteiger partial charge in [0.15, 0.2) is 0 Å². The molecule has 0 aromatic heterocycles. The van der Waals surface area contributed by atoms with Crippen LogP contribution in [0.4, 0.5) is 5.69 Å². The molecular formula is C13H17N3. The Hall–Kier alpha value is -1.53. The van der Waals surface area contributed by atoms with E-state index in [2.05, 4.69) is 23.6 Å². The summed E-state index contributed by atoms with van der Waals surface area (Å²) >= 11 is 0. The second-order valence-electron chi connectivity index (χ2n) is 4.41. The second kappa shape index (κ2) is 5.00. The van der Waals surface area contributed by atoms with E-state index in [9.17, 15) is 0 Å². The molecular weight excluding hydrogens is 198 g/mol. The molecule has 2 atom stereocenters. The molecule has 0 bridgehead atoms. The van der Waals surface area contributed by atoms with Crippen LogP contribution in [0.3, 0.4) is 0 Å². The van der Waals surface area contributed by atoms with Gasteiger partial charge in [0, 0.05) is 17.8 Å². The van der Waals surface area contributed by atoms with Gasteiger partial charge in [-0.05, 0) is 50.6 Å². The van der Waals surface area contributed by atoms with Crippen LogP contribution in [0.15, 0.2) is 24.3 Å². The second-order valence-corrected chi connectivity index (χ2v) is 4.41. The van der Waals surface area contributed by atoms with Crippen LogP contribution < -0.4 is 10.6 Å². The number of nitrogens with one attached hydrogen (secondary N) is 2. The lowest BCUT2D eigenvalue weighted by Gasteiger charge is -2.29. The molecule has 1 aromatic rings. The Bertz CT molecular complexity index is 377. The summed E-state index contributed by atoms with van der Waals surface area (Å²) in [5, 5.41) is 15.7. The quantitative estimate of drug-likeness (QED) is 0.794. The average Bonchev–Trinajstić information content (AvgIpc) is 2.30. The highest BCUT2D eigenvalue weighted by molar-refractivity contribution is 5.47. The van der Waals surface area contributed by atoms with Gasteiger partial charge < -0.3 is 10.6 Å². The Morgan fingerprint density at radius 3 is 2.75 bits per heavy atom. The maximum atomic E-state index is 8.71. The van der Waals surface area contributed by atoms with Crippen LogP contribution in [0, 0.1) is 11.3 Å². The van der Waals surface area contributed by atoms with E-state index in [0.29, 0.717) is 17.6 Å². The molecule has 1 fully saturated rings. The number of nitrogens with zero attached hydrogens (tertiary/aromatic N) is 1. The van der Waals surface area contributed by atoms with Gasteiger partial charge in [0.1, 0.15) is 0 Å². The third kappa shape index (κ3) is 2.74. The van der Waals surface area contributed by atoms with Gasteiger partial charge in [-0.3, -0.25) is 0 Å². The van der Waals surface area contributed by atoms with Crippen molar-refractivity contribution < 1.29 is 0 Å². The van der Waals surface area contributed by atoms with Gasteiger partial charge >= 0.3 is 0 Å². The highest BCUT2D eigenvalue weighted by Crippen LogP contribution is 2.16. The van der Waals surface area contributed by atoms with Crippen molar-refractivity contribution in [1.29, 1.82) is 5.26 Å². The first-order valence-corrected chi connectivity index (χ1v) is 5.78. The number of hydrogen-bond donors (Lipinski definition) is 2. The van der Waals surface area contributed by atoms with Gasteiger partial charge in [-0.2, -0.15) is 5.26 Å². The molecule has 3 nitrogen and oxygen atoms in total. The lowest BCUT2D eigenvalue weighted by molar-refractivity contribution is 0.396. The van der Waals surface area contributed by atoms with E-state index in [1.54, 1.807) is 0 Å². The Balaban J connectivity index is 1.95. The Morgan fingerprint density at radius 1 is 1.38 bits per heavy atom. The molecule has 1 aliphatic rings. The predicted octanol–water partition coefficient (Wildman–Crippen LogP) is 2.11. The van der Waals surface area contributed by atoms with Crippen molar-refractivity contribution in [3.8, 4) is 6.07 Å². The van der Waals surface area contributed by atoms with E-state index in [0.717, 1.165) is 25.1 Å². The molecule has 1 aliphatic heterocycles. The summed E-state index contributed by atoms with van der Waals surface area (Å²) in [5.74, 6) is 0. The number of anilines is 1. The summed E-state index contributed by atoms with van der Waals surface area (Å²) in [6.45, 7) is 3.29. The highest BCUT2D eigenvalue weighted by Gasteiger charge is 2.17. The van der Waals surface area contributed by atoms with Crippen molar-refractivity contribution in [2.75, 3.05) is 11.9 Å². The first kappa shape index (κ1) is 11.0. The van der Waals surface area contributed by atoms with Crippen molar-refractivity contribution >= 4 is 5.69 Å². The summed E-state index contributed by atoms with van der Waals surface area (Å²) in [5.41, 5.74) is 1.82. The maximum Gasteiger partial charge on any atom is 0.0991 e. The number of piperidine rings is 1. The van der Waals surface area contributed by atoms with Crippen LogP contribution in [0.1, 0.15) is 25.3 Å². The van der Waals surface area contributed by atoms with Crippen LogP contribution in [0.2, 0.25) is 0 Å². The van der Waals surface area contributed by atoms with Gasteiger partial charge in [-0.1, -0.05) is 0 Å². The molecule has 2 rings (SSSR count). The molecule has 0 aliphatic carbocycles. The fourth-order valence-electron chi connectivity index (χ4n) is 2.14. The molecule has 0 spiro atoms. The number of rotatable bonds is 2. The van der Waals surface area contributed by atoms with E-state index in [1.807, 2.05) is 24.3 Å². The minimum atomic E-state index is 0.546. The molecule has 84 valence electrons. The van der Waals surface area contributed by atoms with E-state index < -0.39 is 0 Å². The van der Waals surface area contributed by atoms with Crippen LogP contribution in [0.25, 0.3) is 0 Å². The minimum Gasteiger partial charge on any atom is -0.382 e. The standard InChI is InChI=1S/C13H17N3/c1-10-8-13(6-7-15-10)16-12-4-2-11(9-14)3-5-12/h2-5,10,13,15-16H,6-8H2,1H3. The van der Waals surface area contributed by atoms with E-state index >= 15 is 0 Å². The van der Waals surface area contributed by atoms with Crippen LogP contribution in [0.5, 0.6) is 0 Å². The van der Waals surface area contributed by atoms with Crippen molar-refractivity contribution in [2.24, 2.45) is 0 Å². The molecule has 1 saturated heterocycles. The molecule has 0 radical (unpaired) electrons. The lowest BCUT2D eigenvalue weighted by Crippen LogP contribution is -2.41.